The highest BCUT2D eigenvalue weighted by molar-refractivity contribution is 5.57. The zero-order valence-electron chi connectivity index (χ0n) is 11.7. The van der Waals surface area contributed by atoms with Gasteiger partial charge in [0.25, 0.3) is 5.89 Å². The highest BCUT2D eigenvalue weighted by Gasteiger charge is 2.26. The molecule has 1 aliphatic carbocycles. The molecule has 1 aromatic carbocycles. The Morgan fingerprint density at radius 1 is 1.00 bits per heavy atom. The molecule has 21 heavy (non-hydrogen) atoms. The molecule has 104 valence electrons. The third-order valence-corrected chi connectivity index (χ3v) is 3.55. The van der Waals surface area contributed by atoms with E-state index in [1.54, 1.807) is 12.4 Å². The molecule has 0 spiro atoms. The zero-order chi connectivity index (χ0) is 14.2. The van der Waals surface area contributed by atoms with E-state index in [1.165, 1.54) is 12.8 Å². The molecule has 5 heteroatoms. The average molecular weight is 278 g/mol. The molecule has 2 aromatic heterocycles. The van der Waals surface area contributed by atoms with Gasteiger partial charge in [-0.15, -0.1) is 10.2 Å². The fraction of sp³-hybridized carbons (Fsp3) is 0.250. The van der Waals surface area contributed by atoms with Crippen LogP contribution in [-0.4, -0.2) is 20.2 Å². The molecule has 0 aliphatic heterocycles. The van der Waals surface area contributed by atoms with E-state index >= 15 is 0 Å². The van der Waals surface area contributed by atoms with Crippen LogP contribution in [0.4, 0.5) is 0 Å². The van der Waals surface area contributed by atoms with Gasteiger partial charge in [-0.1, -0.05) is 17.7 Å². The van der Waals surface area contributed by atoms with Crippen LogP contribution < -0.4 is 0 Å². The van der Waals surface area contributed by atoms with Crippen molar-refractivity contribution in [1.29, 1.82) is 0 Å². The Hall–Kier alpha value is -2.56. The number of benzene rings is 1. The Balaban J connectivity index is 1.64. The number of hydrogen-bond donors (Lipinski definition) is 0. The molecule has 0 N–H and O–H groups in total. The van der Waals surface area contributed by atoms with Gasteiger partial charge in [-0.25, -0.2) is 9.97 Å². The molecular formula is C16H14N4O. The maximum absolute atomic E-state index is 5.72. The second-order valence-corrected chi connectivity index (χ2v) is 5.39. The van der Waals surface area contributed by atoms with E-state index in [0.717, 1.165) is 22.5 Å². The smallest absolute Gasteiger partial charge is 0.251 e. The number of nitrogens with zero attached hydrogens (tertiary/aromatic N) is 4. The van der Waals surface area contributed by atoms with Crippen molar-refractivity contribution in [2.24, 2.45) is 0 Å². The Kier molecular flexibility index (Phi) is 2.77. The van der Waals surface area contributed by atoms with Crippen LogP contribution in [0.1, 0.15) is 30.1 Å². The topological polar surface area (TPSA) is 64.7 Å². The first-order valence-electron chi connectivity index (χ1n) is 7.02. The van der Waals surface area contributed by atoms with Crippen LogP contribution in [0, 0.1) is 6.92 Å². The van der Waals surface area contributed by atoms with Gasteiger partial charge in [0, 0.05) is 23.9 Å². The number of rotatable bonds is 3. The van der Waals surface area contributed by atoms with Gasteiger partial charge in [0.1, 0.15) is 5.82 Å². The van der Waals surface area contributed by atoms with E-state index in [-0.39, 0.29) is 0 Å². The van der Waals surface area contributed by atoms with Crippen molar-refractivity contribution in [3.05, 3.63) is 48.0 Å². The van der Waals surface area contributed by atoms with Crippen LogP contribution in [0.5, 0.6) is 0 Å². The lowest BCUT2D eigenvalue weighted by molar-refractivity contribution is 0.583. The summed E-state index contributed by atoms with van der Waals surface area (Å²) in [7, 11) is 0. The molecule has 0 atom stereocenters. The molecule has 0 radical (unpaired) electrons. The predicted molar refractivity (Wildman–Crippen MR) is 77.5 cm³/mol. The number of hydrogen-bond acceptors (Lipinski definition) is 5. The van der Waals surface area contributed by atoms with Gasteiger partial charge in [0.05, 0.1) is 5.56 Å². The maximum atomic E-state index is 5.72. The van der Waals surface area contributed by atoms with E-state index in [0.29, 0.717) is 17.7 Å². The molecule has 0 saturated heterocycles. The van der Waals surface area contributed by atoms with Crippen LogP contribution in [0.3, 0.4) is 0 Å². The van der Waals surface area contributed by atoms with E-state index in [9.17, 15) is 0 Å². The summed E-state index contributed by atoms with van der Waals surface area (Å²) in [4.78, 5) is 8.75. The van der Waals surface area contributed by atoms with Crippen molar-refractivity contribution in [1.82, 2.24) is 20.2 Å². The van der Waals surface area contributed by atoms with Gasteiger partial charge < -0.3 is 4.42 Å². The van der Waals surface area contributed by atoms with Crippen LogP contribution in [0.25, 0.3) is 22.9 Å². The Bertz CT molecular complexity index is 775. The van der Waals surface area contributed by atoms with Crippen LogP contribution >= 0.6 is 0 Å². The largest absolute Gasteiger partial charge is 0.416 e. The summed E-state index contributed by atoms with van der Waals surface area (Å²) in [5.41, 5.74) is 2.83. The fourth-order valence-corrected chi connectivity index (χ4v) is 2.24. The summed E-state index contributed by atoms with van der Waals surface area (Å²) < 4.78 is 5.72. The van der Waals surface area contributed by atoms with Gasteiger partial charge in [0.2, 0.25) is 5.89 Å². The normalized spacial score (nSPS) is 14.3. The van der Waals surface area contributed by atoms with Crippen molar-refractivity contribution >= 4 is 0 Å². The first kappa shape index (κ1) is 12.2. The molecule has 0 amide bonds. The van der Waals surface area contributed by atoms with Crippen molar-refractivity contribution < 1.29 is 4.42 Å². The molecule has 5 nitrogen and oxygen atoms in total. The number of aromatic nitrogens is 4. The van der Waals surface area contributed by atoms with Gasteiger partial charge in [-0.05, 0) is 31.9 Å². The van der Waals surface area contributed by atoms with Gasteiger partial charge in [0.15, 0.2) is 0 Å². The second kappa shape index (κ2) is 4.77. The van der Waals surface area contributed by atoms with Gasteiger partial charge >= 0.3 is 0 Å². The monoisotopic (exact) mass is 278 g/mol. The Morgan fingerprint density at radius 3 is 2.38 bits per heavy atom. The fourth-order valence-electron chi connectivity index (χ4n) is 2.24. The predicted octanol–water partition coefficient (Wildman–Crippen LogP) is 3.38. The zero-order valence-corrected chi connectivity index (χ0v) is 11.7. The summed E-state index contributed by atoms with van der Waals surface area (Å²) in [6.07, 6.45) is 5.90. The molecule has 4 rings (SSSR count). The van der Waals surface area contributed by atoms with E-state index in [2.05, 4.69) is 20.2 Å². The standard InChI is InChI=1S/C16H14N4O/c1-10-3-2-4-12(7-10)15-19-20-16(21-15)13-8-17-14(18-9-13)11-5-6-11/h2-4,7-9,11H,5-6H2,1H3. The van der Waals surface area contributed by atoms with Crippen molar-refractivity contribution in [3.63, 3.8) is 0 Å². The third kappa shape index (κ3) is 2.42. The lowest BCUT2D eigenvalue weighted by Gasteiger charge is -1.98. The summed E-state index contributed by atoms with van der Waals surface area (Å²) in [6, 6.07) is 7.98. The van der Waals surface area contributed by atoms with Crippen LogP contribution in [0.15, 0.2) is 41.1 Å². The minimum absolute atomic E-state index is 0.453. The lowest BCUT2D eigenvalue weighted by atomic mass is 10.1. The van der Waals surface area contributed by atoms with Gasteiger partial charge in [-0.2, -0.15) is 0 Å². The molecule has 1 aliphatic rings. The summed E-state index contributed by atoms with van der Waals surface area (Å²) in [5.74, 6) is 2.43. The second-order valence-electron chi connectivity index (χ2n) is 5.39. The summed E-state index contributed by atoms with van der Waals surface area (Å²) in [6.45, 7) is 2.03. The molecule has 0 unspecified atom stereocenters. The third-order valence-electron chi connectivity index (χ3n) is 3.55. The maximum Gasteiger partial charge on any atom is 0.251 e. The van der Waals surface area contributed by atoms with E-state index in [4.69, 9.17) is 4.42 Å². The quantitative estimate of drug-likeness (QED) is 0.734. The molecule has 1 saturated carbocycles. The van der Waals surface area contributed by atoms with E-state index in [1.807, 2.05) is 31.2 Å². The van der Waals surface area contributed by atoms with Crippen molar-refractivity contribution in [3.8, 4) is 22.9 Å². The summed E-state index contributed by atoms with van der Waals surface area (Å²) >= 11 is 0. The molecule has 0 bridgehead atoms. The summed E-state index contributed by atoms with van der Waals surface area (Å²) in [5, 5.41) is 8.19. The SMILES string of the molecule is Cc1cccc(-c2nnc(-c3cnc(C4CC4)nc3)o2)c1. The minimum atomic E-state index is 0.453. The molecular weight excluding hydrogens is 264 g/mol. The van der Waals surface area contributed by atoms with Gasteiger partial charge in [-0.3, -0.25) is 0 Å². The highest BCUT2D eigenvalue weighted by atomic mass is 16.4. The molecule has 2 heterocycles. The minimum Gasteiger partial charge on any atom is -0.416 e. The van der Waals surface area contributed by atoms with Crippen molar-refractivity contribution in [2.45, 2.75) is 25.7 Å². The van der Waals surface area contributed by atoms with Crippen LogP contribution in [0.2, 0.25) is 0 Å². The van der Waals surface area contributed by atoms with Crippen LogP contribution in [-0.2, 0) is 0 Å². The lowest BCUT2D eigenvalue weighted by Crippen LogP contribution is -1.91. The molecule has 3 aromatic rings. The van der Waals surface area contributed by atoms with Crippen molar-refractivity contribution in [2.75, 3.05) is 0 Å². The Labute approximate surface area is 122 Å². The number of aryl methyl sites for hydroxylation is 1. The average Bonchev–Trinajstić information content (AvgIpc) is 3.24. The molecule has 1 fully saturated rings. The Morgan fingerprint density at radius 2 is 1.71 bits per heavy atom. The first-order chi connectivity index (χ1) is 10.3. The first-order valence-corrected chi connectivity index (χ1v) is 7.02. The highest BCUT2D eigenvalue weighted by Crippen LogP contribution is 2.38. The van der Waals surface area contributed by atoms with E-state index < -0.39 is 0 Å².